The van der Waals surface area contributed by atoms with Gasteiger partial charge in [-0.3, -0.25) is 4.79 Å². The number of benzene rings is 1. The Morgan fingerprint density at radius 3 is 2.22 bits per heavy atom. The molecule has 0 saturated heterocycles. The van der Waals surface area contributed by atoms with Crippen LogP contribution in [0.5, 0.6) is 5.75 Å². The van der Waals surface area contributed by atoms with Crippen molar-refractivity contribution in [3.05, 3.63) is 29.3 Å². The third-order valence-corrected chi connectivity index (χ3v) is 3.35. The zero-order valence-corrected chi connectivity index (χ0v) is 11.5. The van der Waals surface area contributed by atoms with Gasteiger partial charge in [0.2, 0.25) is 0 Å². The van der Waals surface area contributed by atoms with Crippen molar-refractivity contribution in [2.24, 2.45) is 0 Å². The predicted octanol–water partition coefficient (Wildman–Crippen LogP) is 1.98. The van der Waals surface area contributed by atoms with E-state index in [1.165, 1.54) is 6.07 Å². The Hall–Kier alpha value is -1.55. The lowest BCUT2D eigenvalue weighted by Crippen LogP contribution is -2.57. The molecule has 0 radical (unpaired) electrons. The zero-order valence-electron chi connectivity index (χ0n) is 11.5. The summed E-state index contributed by atoms with van der Waals surface area (Å²) in [7, 11) is 0. The lowest BCUT2D eigenvalue weighted by Gasteiger charge is -2.38. The average molecular weight is 251 g/mol. The number of aliphatic hydroxyl groups is 1. The molecule has 1 rings (SSSR count). The highest BCUT2D eigenvalue weighted by molar-refractivity contribution is 5.97. The monoisotopic (exact) mass is 251 g/mol. The molecule has 0 spiro atoms. The SMILES string of the molecule is Cc1ccc(C(=O)NC(C)(C)C(C)(C)O)c(O)c1. The standard InChI is InChI=1S/C14H21NO3/c1-9-6-7-10(11(16)8-9)12(17)15-13(2,3)14(4,5)18/h6-8,16,18H,1-5H3,(H,15,17). The molecule has 0 bridgehead atoms. The van der Waals surface area contributed by atoms with Gasteiger partial charge in [-0.1, -0.05) is 6.07 Å². The van der Waals surface area contributed by atoms with Crippen LogP contribution in [0.25, 0.3) is 0 Å². The number of hydrogen-bond acceptors (Lipinski definition) is 3. The maximum absolute atomic E-state index is 12.1. The fraction of sp³-hybridized carbons (Fsp3) is 0.500. The molecule has 18 heavy (non-hydrogen) atoms. The number of nitrogens with one attached hydrogen (secondary N) is 1. The molecule has 0 aliphatic heterocycles. The molecule has 1 amide bonds. The minimum atomic E-state index is -1.07. The molecule has 3 N–H and O–H groups in total. The lowest BCUT2D eigenvalue weighted by atomic mass is 9.85. The number of phenols is 1. The molecule has 4 heteroatoms. The highest BCUT2D eigenvalue weighted by Gasteiger charge is 2.36. The molecule has 1 aromatic carbocycles. The van der Waals surface area contributed by atoms with Crippen molar-refractivity contribution in [1.29, 1.82) is 0 Å². The van der Waals surface area contributed by atoms with Crippen molar-refractivity contribution in [2.75, 3.05) is 0 Å². The summed E-state index contributed by atoms with van der Waals surface area (Å²) in [6.45, 7) is 8.55. The first kappa shape index (κ1) is 14.5. The number of amides is 1. The van der Waals surface area contributed by atoms with Crippen LogP contribution in [-0.4, -0.2) is 27.3 Å². The van der Waals surface area contributed by atoms with E-state index in [0.29, 0.717) is 0 Å². The topological polar surface area (TPSA) is 69.6 Å². The molecule has 0 fully saturated rings. The van der Waals surface area contributed by atoms with E-state index in [2.05, 4.69) is 5.32 Å². The Bertz CT molecular complexity index is 459. The van der Waals surface area contributed by atoms with Crippen molar-refractivity contribution >= 4 is 5.91 Å². The molecular formula is C14H21NO3. The Labute approximate surface area is 108 Å². The van der Waals surface area contributed by atoms with E-state index in [-0.39, 0.29) is 11.3 Å². The van der Waals surface area contributed by atoms with E-state index in [9.17, 15) is 15.0 Å². The molecule has 0 heterocycles. The number of phenolic OH excluding ortho intramolecular Hbond substituents is 1. The summed E-state index contributed by atoms with van der Waals surface area (Å²) in [5, 5.41) is 22.4. The Kier molecular flexibility index (Phi) is 3.72. The van der Waals surface area contributed by atoms with Gasteiger partial charge in [0.15, 0.2) is 0 Å². The van der Waals surface area contributed by atoms with Crippen molar-refractivity contribution in [3.63, 3.8) is 0 Å². The number of rotatable bonds is 3. The molecular weight excluding hydrogens is 230 g/mol. The van der Waals surface area contributed by atoms with E-state index in [4.69, 9.17) is 0 Å². The summed E-state index contributed by atoms with van der Waals surface area (Å²) in [6.07, 6.45) is 0. The van der Waals surface area contributed by atoms with Crippen LogP contribution >= 0.6 is 0 Å². The molecule has 0 saturated carbocycles. The van der Waals surface area contributed by atoms with Crippen molar-refractivity contribution < 1.29 is 15.0 Å². The smallest absolute Gasteiger partial charge is 0.255 e. The second-order valence-electron chi connectivity index (χ2n) is 5.66. The van der Waals surface area contributed by atoms with E-state index >= 15 is 0 Å². The molecule has 0 aromatic heterocycles. The zero-order chi connectivity index (χ0) is 14.1. The van der Waals surface area contributed by atoms with Crippen molar-refractivity contribution in [2.45, 2.75) is 45.8 Å². The predicted molar refractivity (Wildman–Crippen MR) is 70.7 cm³/mol. The van der Waals surface area contributed by atoms with Gasteiger partial charge in [-0.05, 0) is 52.3 Å². The third kappa shape index (κ3) is 3.01. The quantitative estimate of drug-likeness (QED) is 0.769. The van der Waals surface area contributed by atoms with Gasteiger partial charge in [-0.15, -0.1) is 0 Å². The van der Waals surface area contributed by atoms with Crippen LogP contribution < -0.4 is 5.32 Å². The van der Waals surface area contributed by atoms with Crippen molar-refractivity contribution in [3.8, 4) is 5.75 Å². The van der Waals surface area contributed by atoms with Gasteiger partial charge in [0.05, 0.1) is 16.7 Å². The van der Waals surface area contributed by atoms with Crippen LogP contribution in [0.4, 0.5) is 0 Å². The summed E-state index contributed by atoms with van der Waals surface area (Å²) in [4.78, 5) is 12.1. The molecule has 0 atom stereocenters. The first-order valence-corrected chi connectivity index (χ1v) is 5.89. The van der Waals surface area contributed by atoms with Gasteiger partial charge < -0.3 is 15.5 Å². The van der Waals surface area contributed by atoms with E-state index < -0.39 is 17.0 Å². The van der Waals surface area contributed by atoms with Gasteiger partial charge in [-0.25, -0.2) is 0 Å². The largest absolute Gasteiger partial charge is 0.507 e. The van der Waals surface area contributed by atoms with Crippen molar-refractivity contribution in [1.82, 2.24) is 5.32 Å². The maximum Gasteiger partial charge on any atom is 0.255 e. The molecule has 0 aliphatic carbocycles. The van der Waals surface area contributed by atoms with E-state index in [1.807, 2.05) is 6.92 Å². The highest BCUT2D eigenvalue weighted by atomic mass is 16.3. The van der Waals surface area contributed by atoms with Crippen LogP contribution in [0.2, 0.25) is 0 Å². The Balaban J connectivity index is 2.96. The van der Waals surface area contributed by atoms with Crippen LogP contribution in [0.3, 0.4) is 0 Å². The summed E-state index contributed by atoms with van der Waals surface area (Å²) in [5.41, 5.74) is -0.784. The number of hydrogen-bond donors (Lipinski definition) is 3. The fourth-order valence-electron chi connectivity index (χ4n) is 1.34. The number of aromatic hydroxyl groups is 1. The molecule has 100 valence electrons. The van der Waals surface area contributed by atoms with Crippen LogP contribution in [-0.2, 0) is 0 Å². The van der Waals surface area contributed by atoms with E-state index in [1.54, 1.807) is 39.8 Å². The summed E-state index contributed by atoms with van der Waals surface area (Å²) in [5.74, 6) is -0.460. The third-order valence-electron chi connectivity index (χ3n) is 3.35. The number of carbonyl (C=O) groups is 1. The summed E-state index contributed by atoms with van der Waals surface area (Å²) < 4.78 is 0. The highest BCUT2D eigenvalue weighted by Crippen LogP contribution is 2.23. The van der Waals surface area contributed by atoms with Gasteiger partial charge >= 0.3 is 0 Å². The second-order valence-corrected chi connectivity index (χ2v) is 5.66. The second kappa shape index (κ2) is 4.61. The van der Waals surface area contributed by atoms with Crippen LogP contribution in [0.1, 0.15) is 43.6 Å². The minimum absolute atomic E-state index is 0.0564. The number of aryl methyl sites for hydroxylation is 1. The fourth-order valence-corrected chi connectivity index (χ4v) is 1.34. The Morgan fingerprint density at radius 2 is 1.78 bits per heavy atom. The summed E-state index contributed by atoms with van der Waals surface area (Å²) in [6, 6.07) is 4.86. The van der Waals surface area contributed by atoms with Gasteiger partial charge in [0, 0.05) is 0 Å². The van der Waals surface area contributed by atoms with Crippen LogP contribution in [0, 0.1) is 6.92 Å². The Morgan fingerprint density at radius 1 is 1.22 bits per heavy atom. The maximum atomic E-state index is 12.1. The van der Waals surface area contributed by atoms with Crippen LogP contribution in [0.15, 0.2) is 18.2 Å². The van der Waals surface area contributed by atoms with Gasteiger partial charge in [0.25, 0.3) is 5.91 Å². The first-order valence-electron chi connectivity index (χ1n) is 5.89. The molecule has 1 aromatic rings. The van der Waals surface area contributed by atoms with E-state index in [0.717, 1.165) is 5.56 Å². The number of carbonyl (C=O) groups excluding carboxylic acids is 1. The molecule has 0 aliphatic rings. The summed E-state index contributed by atoms with van der Waals surface area (Å²) >= 11 is 0. The van der Waals surface area contributed by atoms with Gasteiger partial charge in [-0.2, -0.15) is 0 Å². The molecule has 4 nitrogen and oxygen atoms in total. The minimum Gasteiger partial charge on any atom is -0.507 e. The normalized spacial score (nSPS) is 12.3. The average Bonchev–Trinajstić information content (AvgIpc) is 2.14. The first-order chi connectivity index (χ1) is 8.04. The lowest BCUT2D eigenvalue weighted by molar-refractivity contribution is -0.00297. The van der Waals surface area contributed by atoms with Gasteiger partial charge in [0.1, 0.15) is 5.75 Å². The molecule has 0 unspecified atom stereocenters.